The van der Waals surface area contributed by atoms with E-state index in [0.29, 0.717) is 45.8 Å². The summed E-state index contributed by atoms with van der Waals surface area (Å²) in [5.41, 5.74) is 1.70. The highest BCUT2D eigenvalue weighted by Crippen LogP contribution is 2.12. The van der Waals surface area contributed by atoms with Crippen molar-refractivity contribution in [3.63, 3.8) is 0 Å². The van der Waals surface area contributed by atoms with Crippen LogP contribution >= 0.6 is 12.4 Å². The Morgan fingerprint density at radius 3 is 2.57 bits per heavy atom. The van der Waals surface area contributed by atoms with Crippen LogP contribution in [-0.4, -0.2) is 44.2 Å². The van der Waals surface area contributed by atoms with E-state index in [-0.39, 0.29) is 30.3 Å². The number of ether oxygens (including phenoxy) is 2. The molecule has 7 nitrogen and oxygen atoms in total. The summed E-state index contributed by atoms with van der Waals surface area (Å²) in [7, 11) is 0. The largest absolute Gasteiger partial charge is 0.494 e. The molecule has 2 aromatic rings. The normalized spacial score (nSPS) is 15.5. The fourth-order valence-electron chi connectivity index (χ4n) is 2.92. The van der Waals surface area contributed by atoms with Crippen molar-refractivity contribution in [1.29, 1.82) is 0 Å². The van der Waals surface area contributed by atoms with Gasteiger partial charge in [-0.1, -0.05) is 30.3 Å². The van der Waals surface area contributed by atoms with Crippen LogP contribution in [0.25, 0.3) is 0 Å². The van der Waals surface area contributed by atoms with Gasteiger partial charge in [-0.3, -0.25) is 9.59 Å². The molecule has 0 saturated carbocycles. The van der Waals surface area contributed by atoms with Crippen molar-refractivity contribution in [2.24, 2.45) is 0 Å². The van der Waals surface area contributed by atoms with Crippen molar-refractivity contribution in [3.8, 4) is 5.75 Å². The van der Waals surface area contributed by atoms with E-state index in [1.54, 1.807) is 0 Å². The van der Waals surface area contributed by atoms with Gasteiger partial charge in [0.2, 0.25) is 11.8 Å². The summed E-state index contributed by atoms with van der Waals surface area (Å²) in [4.78, 5) is 24.1. The van der Waals surface area contributed by atoms with E-state index >= 15 is 0 Å². The molecule has 8 heteroatoms. The average Bonchev–Trinajstić information content (AvgIpc) is 2.77. The lowest BCUT2D eigenvalue weighted by Gasteiger charge is -2.22. The van der Waals surface area contributed by atoms with Gasteiger partial charge in [0.25, 0.3) is 0 Å². The number of para-hydroxylation sites is 1. The molecule has 0 bridgehead atoms. The number of carbonyl (C=O) groups is 2. The van der Waals surface area contributed by atoms with E-state index in [1.165, 1.54) is 0 Å². The van der Waals surface area contributed by atoms with Gasteiger partial charge in [0, 0.05) is 25.2 Å². The van der Waals surface area contributed by atoms with Crippen LogP contribution in [-0.2, 0) is 20.9 Å². The first-order valence-electron chi connectivity index (χ1n) is 9.86. The van der Waals surface area contributed by atoms with Crippen LogP contribution in [0.4, 0.5) is 5.69 Å². The average molecular weight is 434 g/mol. The van der Waals surface area contributed by atoms with Crippen LogP contribution in [0.3, 0.4) is 0 Å². The molecule has 2 aromatic carbocycles. The SMILES string of the molecule is Cl.O=C(CCCOc1ccccc1)Nc1ccc(CNC(=O)C2COCCN2)cc1. The third-order valence-corrected chi connectivity index (χ3v) is 4.50. The number of rotatable bonds is 9. The maximum atomic E-state index is 12.1. The second-order valence-electron chi connectivity index (χ2n) is 6.81. The quantitative estimate of drug-likeness (QED) is 0.529. The first-order valence-corrected chi connectivity index (χ1v) is 9.86. The zero-order valence-corrected chi connectivity index (χ0v) is 17.6. The molecule has 1 atom stereocenters. The molecule has 1 fully saturated rings. The summed E-state index contributed by atoms with van der Waals surface area (Å²) in [6.45, 7) is 2.65. The first kappa shape index (κ1) is 23.7. The molecule has 1 aliphatic rings. The minimum atomic E-state index is -0.298. The molecule has 0 spiro atoms. The maximum Gasteiger partial charge on any atom is 0.239 e. The summed E-state index contributed by atoms with van der Waals surface area (Å²) in [5, 5.41) is 8.89. The Balaban J connectivity index is 0.00000320. The van der Waals surface area contributed by atoms with Crippen LogP contribution in [0.15, 0.2) is 54.6 Å². The minimum Gasteiger partial charge on any atom is -0.494 e. The Kier molecular flexibility index (Phi) is 10.1. The number of morpholine rings is 1. The zero-order chi connectivity index (χ0) is 20.3. The summed E-state index contributed by atoms with van der Waals surface area (Å²) in [6.07, 6.45) is 1.03. The van der Waals surface area contributed by atoms with Gasteiger partial charge >= 0.3 is 0 Å². The van der Waals surface area contributed by atoms with Gasteiger partial charge < -0.3 is 25.4 Å². The summed E-state index contributed by atoms with van der Waals surface area (Å²) < 4.78 is 10.9. The molecule has 30 heavy (non-hydrogen) atoms. The van der Waals surface area contributed by atoms with Crippen molar-refractivity contribution in [3.05, 3.63) is 60.2 Å². The zero-order valence-electron chi connectivity index (χ0n) is 16.8. The summed E-state index contributed by atoms with van der Waals surface area (Å²) in [6, 6.07) is 16.7. The van der Waals surface area contributed by atoms with Crippen LogP contribution in [0.2, 0.25) is 0 Å². The van der Waals surface area contributed by atoms with Crippen molar-refractivity contribution in [1.82, 2.24) is 10.6 Å². The van der Waals surface area contributed by atoms with Crippen LogP contribution in [0.1, 0.15) is 18.4 Å². The van der Waals surface area contributed by atoms with E-state index in [4.69, 9.17) is 9.47 Å². The number of anilines is 1. The van der Waals surface area contributed by atoms with Gasteiger partial charge in [-0.15, -0.1) is 12.4 Å². The lowest BCUT2D eigenvalue weighted by Crippen LogP contribution is -2.51. The molecule has 162 valence electrons. The lowest BCUT2D eigenvalue weighted by atomic mass is 10.2. The smallest absolute Gasteiger partial charge is 0.239 e. The third-order valence-electron chi connectivity index (χ3n) is 4.50. The van der Waals surface area contributed by atoms with E-state index in [2.05, 4.69) is 16.0 Å². The Bertz CT molecular complexity index is 781. The maximum absolute atomic E-state index is 12.1. The molecule has 1 unspecified atom stereocenters. The van der Waals surface area contributed by atoms with Crippen molar-refractivity contribution >= 4 is 29.9 Å². The molecule has 0 aliphatic carbocycles. The molecule has 0 aromatic heterocycles. The molecule has 1 saturated heterocycles. The van der Waals surface area contributed by atoms with Crippen molar-refractivity contribution in [2.45, 2.75) is 25.4 Å². The van der Waals surface area contributed by atoms with Crippen LogP contribution < -0.4 is 20.7 Å². The van der Waals surface area contributed by atoms with Gasteiger partial charge in [0.1, 0.15) is 11.8 Å². The Morgan fingerprint density at radius 2 is 1.87 bits per heavy atom. The standard InChI is InChI=1S/C22H27N3O4.ClH/c26-21(7-4-13-29-19-5-2-1-3-6-19)25-18-10-8-17(9-11-18)15-24-22(27)20-16-28-14-12-23-20;/h1-3,5-6,8-11,20,23H,4,7,12-16H2,(H,24,27)(H,25,26);1H. The summed E-state index contributed by atoms with van der Waals surface area (Å²) >= 11 is 0. The topological polar surface area (TPSA) is 88.7 Å². The second-order valence-corrected chi connectivity index (χ2v) is 6.81. The number of amides is 2. The molecular formula is C22H28ClN3O4. The number of carbonyl (C=O) groups excluding carboxylic acids is 2. The highest BCUT2D eigenvalue weighted by atomic mass is 35.5. The predicted molar refractivity (Wildman–Crippen MR) is 118 cm³/mol. The van der Waals surface area contributed by atoms with Crippen molar-refractivity contribution < 1.29 is 19.1 Å². The van der Waals surface area contributed by atoms with Gasteiger partial charge in [-0.2, -0.15) is 0 Å². The second kappa shape index (κ2) is 12.8. The molecule has 2 amide bonds. The number of benzene rings is 2. The van der Waals surface area contributed by atoms with Gasteiger partial charge in [-0.05, 0) is 36.2 Å². The molecule has 3 N–H and O–H groups in total. The van der Waals surface area contributed by atoms with Crippen LogP contribution in [0.5, 0.6) is 5.75 Å². The number of halogens is 1. The monoisotopic (exact) mass is 433 g/mol. The lowest BCUT2D eigenvalue weighted by molar-refractivity contribution is -0.126. The molecular weight excluding hydrogens is 406 g/mol. The number of nitrogens with one attached hydrogen (secondary N) is 3. The Hall–Kier alpha value is -2.61. The summed E-state index contributed by atoms with van der Waals surface area (Å²) in [5.74, 6) is 0.688. The van der Waals surface area contributed by atoms with E-state index in [9.17, 15) is 9.59 Å². The first-order chi connectivity index (χ1) is 14.2. The Labute approximate surface area is 182 Å². The fraction of sp³-hybridized carbons (Fsp3) is 0.364. The van der Waals surface area contributed by atoms with Gasteiger partial charge in [-0.25, -0.2) is 0 Å². The van der Waals surface area contributed by atoms with Crippen molar-refractivity contribution in [2.75, 3.05) is 31.7 Å². The molecule has 1 heterocycles. The van der Waals surface area contributed by atoms with Crippen LogP contribution in [0, 0.1) is 0 Å². The Morgan fingerprint density at radius 1 is 1.10 bits per heavy atom. The van der Waals surface area contributed by atoms with Gasteiger partial charge in [0.15, 0.2) is 0 Å². The number of hydrogen-bond acceptors (Lipinski definition) is 5. The van der Waals surface area contributed by atoms with E-state index in [0.717, 1.165) is 17.0 Å². The third kappa shape index (κ3) is 8.02. The predicted octanol–water partition coefficient (Wildman–Crippen LogP) is 2.51. The van der Waals surface area contributed by atoms with E-state index < -0.39 is 0 Å². The minimum absolute atomic E-state index is 0. The van der Waals surface area contributed by atoms with E-state index in [1.807, 2.05) is 54.6 Å². The highest BCUT2D eigenvalue weighted by Gasteiger charge is 2.20. The fourth-order valence-corrected chi connectivity index (χ4v) is 2.92. The molecule has 1 aliphatic heterocycles. The van der Waals surface area contributed by atoms with Gasteiger partial charge in [0.05, 0.1) is 19.8 Å². The molecule has 3 rings (SSSR count). The molecule has 0 radical (unpaired) electrons. The highest BCUT2D eigenvalue weighted by molar-refractivity contribution is 5.90. The number of hydrogen-bond donors (Lipinski definition) is 3.